The Morgan fingerprint density at radius 3 is 2.48 bits per heavy atom. The molecule has 3 aromatic carbocycles. The van der Waals surface area contributed by atoms with Gasteiger partial charge < -0.3 is 0 Å². The van der Waals surface area contributed by atoms with E-state index in [4.69, 9.17) is 0 Å². The minimum atomic E-state index is -0.0455. The largest absolute Gasteiger partial charge is 0.289 e. The molecule has 3 heteroatoms. The van der Waals surface area contributed by atoms with Crippen molar-refractivity contribution in [3.8, 4) is 0 Å². The fraction of sp³-hybridized carbons (Fsp3) is 0. The van der Waals surface area contributed by atoms with Gasteiger partial charge in [-0.05, 0) is 58.9 Å². The Morgan fingerprint density at radius 2 is 1.70 bits per heavy atom. The van der Waals surface area contributed by atoms with Gasteiger partial charge in [0, 0.05) is 5.56 Å². The molecule has 2 nitrogen and oxygen atoms in total. The van der Waals surface area contributed by atoms with Crippen LogP contribution in [0.1, 0.15) is 15.9 Å². The summed E-state index contributed by atoms with van der Waals surface area (Å²) in [7, 11) is 0. The van der Waals surface area contributed by atoms with Crippen molar-refractivity contribution in [1.29, 1.82) is 0 Å². The summed E-state index contributed by atoms with van der Waals surface area (Å²) in [6, 6.07) is 21.1. The Balaban J connectivity index is 1.86. The molecule has 0 aliphatic rings. The number of allylic oxidation sites excluding steroid dienone is 1. The van der Waals surface area contributed by atoms with Crippen LogP contribution in [0.4, 0.5) is 5.69 Å². The summed E-state index contributed by atoms with van der Waals surface area (Å²) in [5, 5.41) is 4.59. The molecule has 0 heterocycles. The minimum Gasteiger partial charge on any atom is -0.289 e. The number of thiocarbonyl (C=S) groups is 1. The molecule has 0 unspecified atom stereocenters. The third kappa shape index (κ3) is 3.49. The van der Waals surface area contributed by atoms with E-state index in [0.29, 0.717) is 11.3 Å². The van der Waals surface area contributed by atoms with Crippen LogP contribution in [-0.2, 0) is 0 Å². The molecule has 0 radical (unpaired) electrons. The number of isothiocyanates is 1. The Morgan fingerprint density at radius 1 is 0.957 bits per heavy atom. The van der Waals surface area contributed by atoms with Crippen molar-refractivity contribution in [2.75, 3.05) is 0 Å². The molecule has 23 heavy (non-hydrogen) atoms. The minimum absolute atomic E-state index is 0.0455. The lowest BCUT2D eigenvalue weighted by molar-refractivity contribution is 0.104. The summed E-state index contributed by atoms with van der Waals surface area (Å²) in [4.78, 5) is 16.1. The molecule has 0 bridgehead atoms. The van der Waals surface area contributed by atoms with Crippen LogP contribution >= 0.6 is 12.2 Å². The molecule has 0 saturated carbocycles. The van der Waals surface area contributed by atoms with Gasteiger partial charge in [-0.2, -0.15) is 4.99 Å². The van der Waals surface area contributed by atoms with E-state index in [2.05, 4.69) is 40.6 Å². The van der Waals surface area contributed by atoms with Gasteiger partial charge in [-0.15, -0.1) is 0 Å². The fourth-order valence-electron chi connectivity index (χ4n) is 2.41. The highest BCUT2D eigenvalue weighted by atomic mass is 32.1. The van der Waals surface area contributed by atoms with Crippen LogP contribution < -0.4 is 0 Å². The first-order valence-corrected chi connectivity index (χ1v) is 7.57. The number of fused-ring (bicyclic) bond motifs is 1. The molecular weight excluding hydrogens is 302 g/mol. The van der Waals surface area contributed by atoms with Gasteiger partial charge in [-0.25, -0.2) is 0 Å². The third-order valence-corrected chi connectivity index (χ3v) is 3.66. The molecule has 0 aromatic heterocycles. The Hall–Kier alpha value is -2.87. The van der Waals surface area contributed by atoms with Crippen LogP contribution in [0.2, 0.25) is 0 Å². The van der Waals surface area contributed by atoms with Crippen molar-refractivity contribution in [2.24, 2.45) is 4.99 Å². The summed E-state index contributed by atoms with van der Waals surface area (Å²) in [6.45, 7) is 0. The first kappa shape index (κ1) is 15.0. The van der Waals surface area contributed by atoms with E-state index in [1.54, 1.807) is 30.3 Å². The highest BCUT2D eigenvalue weighted by molar-refractivity contribution is 7.78. The molecule has 0 amide bonds. The molecule has 0 atom stereocenters. The quantitative estimate of drug-likeness (QED) is 0.276. The average molecular weight is 315 g/mol. The molecular formula is C20H13NOS. The van der Waals surface area contributed by atoms with Gasteiger partial charge in [0.1, 0.15) is 0 Å². The third-order valence-electron chi connectivity index (χ3n) is 3.56. The lowest BCUT2D eigenvalue weighted by Gasteiger charge is -2.01. The molecule has 0 aliphatic heterocycles. The van der Waals surface area contributed by atoms with Crippen LogP contribution in [0.15, 0.2) is 77.8 Å². The van der Waals surface area contributed by atoms with Crippen molar-refractivity contribution in [2.45, 2.75) is 0 Å². The Bertz CT molecular complexity index is 930. The van der Waals surface area contributed by atoms with E-state index < -0.39 is 0 Å². The van der Waals surface area contributed by atoms with E-state index in [9.17, 15) is 4.79 Å². The van der Waals surface area contributed by atoms with Gasteiger partial charge in [0.15, 0.2) is 5.78 Å². The average Bonchev–Trinajstić information content (AvgIpc) is 2.60. The second-order valence-electron chi connectivity index (χ2n) is 5.02. The maximum absolute atomic E-state index is 12.3. The molecule has 0 saturated heterocycles. The molecule has 0 spiro atoms. The van der Waals surface area contributed by atoms with E-state index in [1.165, 1.54) is 0 Å². The first-order valence-electron chi connectivity index (χ1n) is 7.16. The van der Waals surface area contributed by atoms with Crippen molar-refractivity contribution >= 4 is 45.7 Å². The maximum Gasteiger partial charge on any atom is 0.185 e. The van der Waals surface area contributed by atoms with Crippen molar-refractivity contribution in [3.63, 3.8) is 0 Å². The number of rotatable bonds is 4. The van der Waals surface area contributed by atoms with E-state index in [1.807, 2.05) is 30.3 Å². The Labute approximate surface area is 139 Å². The predicted octanol–water partition coefficient (Wildman–Crippen LogP) is 5.47. The second-order valence-corrected chi connectivity index (χ2v) is 5.20. The van der Waals surface area contributed by atoms with E-state index in [-0.39, 0.29) is 5.78 Å². The predicted molar refractivity (Wildman–Crippen MR) is 98.4 cm³/mol. The zero-order chi connectivity index (χ0) is 16.1. The molecule has 0 N–H and O–H groups in total. The van der Waals surface area contributed by atoms with Crippen LogP contribution in [0.3, 0.4) is 0 Å². The second kappa shape index (κ2) is 6.93. The van der Waals surface area contributed by atoms with Crippen LogP contribution in [0.25, 0.3) is 16.8 Å². The van der Waals surface area contributed by atoms with Gasteiger partial charge in [-0.1, -0.05) is 48.5 Å². The van der Waals surface area contributed by atoms with Gasteiger partial charge in [0.2, 0.25) is 0 Å². The zero-order valence-corrected chi connectivity index (χ0v) is 13.1. The highest BCUT2D eigenvalue weighted by Gasteiger charge is 2.02. The van der Waals surface area contributed by atoms with Crippen LogP contribution in [-0.4, -0.2) is 10.9 Å². The van der Waals surface area contributed by atoms with Gasteiger partial charge >= 0.3 is 0 Å². The number of aliphatic imine (C=N–C) groups is 1. The summed E-state index contributed by atoms with van der Waals surface area (Å²) in [5.41, 5.74) is 2.33. The van der Waals surface area contributed by atoms with Gasteiger partial charge in [0.25, 0.3) is 0 Å². The maximum atomic E-state index is 12.3. The smallest absolute Gasteiger partial charge is 0.185 e. The lowest BCUT2D eigenvalue weighted by atomic mass is 10.0. The molecule has 0 aliphatic carbocycles. The zero-order valence-electron chi connectivity index (χ0n) is 12.3. The monoisotopic (exact) mass is 315 g/mol. The summed E-state index contributed by atoms with van der Waals surface area (Å²) >= 11 is 4.56. The number of hydrogen-bond acceptors (Lipinski definition) is 3. The topological polar surface area (TPSA) is 29.4 Å². The SMILES string of the molecule is O=C(/C=C/c1cccc2ccccc12)c1ccc(N=C=S)cc1. The van der Waals surface area contributed by atoms with E-state index in [0.717, 1.165) is 16.3 Å². The number of hydrogen-bond donors (Lipinski definition) is 0. The number of carbonyl (C=O) groups excluding carboxylic acids is 1. The number of carbonyl (C=O) groups is 1. The van der Waals surface area contributed by atoms with E-state index >= 15 is 0 Å². The van der Waals surface area contributed by atoms with Crippen molar-refractivity contribution in [3.05, 3.63) is 83.9 Å². The number of benzene rings is 3. The van der Waals surface area contributed by atoms with Crippen molar-refractivity contribution in [1.82, 2.24) is 0 Å². The first-order chi connectivity index (χ1) is 11.3. The highest BCUT2D eigenvalue weighted by Crippen LogP contribution is 2.20. The number of nitrogens with zero attached hydrogens (tertiary/aromatic N) is 1. The van der Waals surface area contributed by atoms with Crippen LogP contribution in [0, 0.1) is 0 Å². The summed E-state index contributed by atoms with van der Waals surface area (Å²) in [5.74, 6) is -0.0455. The Kier molecular flexibility index (Phi) is 4.53. The number of ketones is 1. The van der Waals surface area contributed by atoms with Crippen LogP contribution in [0.5, 0.6) is 0 Å². The lowest BCUT2D eigenvalue weighted by Crippen LogP contribution is -1.93. The molecule has 3 rings (SSSR count). The molecule has 0 fully saturated rings. The fourth-order valence-corrected chi connectivity index (χ4v) is 2.52. The summed E-state index contributed by atoms with van der Waals surface area (Å²) < 4.78 is 0. The van der Waals surface area contributed by atoms with Gasteiger partial charge in [-0.3, -0.25) is 4.79 Å². The van der Waals surface area contributed by atoms with Crippen molar-refractivity contribution < 1.29 is 4.79 Å². The normalized spacial score (nSPS) is 10.6. The summed E-state index contributed by atoms with van der Waals surface area (Å²) in [6.07, 6.45) is 3.45. The van der Waals surface area contributed by atoms with Gasteiger partial charge in [0.05, 0.1) is 10.8 Å². The standard InChI is InChI=1S/C20H13NOS/c22-20(17-8-11-18(12-9-17)21-14-23)13-10-16-6-3-5-15-4-1-2-7-19(15)16/h1-13H/b13-10+. The molecule has 3 aromatic rings. The molecule has 110 valence electrons.